The lowest BCUT2D eigenvalue weighted by Crippen LogP contribution is -2.18. The van der Waals surface area contributed by atoms with Gasteiger partial charge in [0.2, 0.25) is 0 Å². The Bertz CT molecular complexity index is 393. The summed E-state index contributed by atoms with van der Waals surface area (Å²) in [7, 11) is 0. The van der Waals surface area contributed by atoms with E-state index in [1.54, 1.807) is 0 Å². The molecule has 0 bridgehead atoms. The number of carboxylic acid groups (broad SMARTS) is 2. The van der Waals surface area contributed by atoms with E-state index in [-0.39, 0.29) is 17.6 Å². The first-order chi connectivity index (χ1) is 6.91. The summed E-state index contributed by atoms with van der Waals surface area (Å²) in [4.78, 5) is 32.3. The van der Waals surface area contributed by atoms with Crippen molar-refractivity contribution in [3.8, 4) is 0 Å². The first-order valence-electron chi connectivity index (χ1n) is 4.03. The lowest BCUT2D eigenvalue weighted by atomic mass is 9.91. The van der Waals surface area contributed by atoms with Crippen molar-refractivity contribution in [1.82, 2.24) is 0 Å². The molecule has 1 unspecified atom stereocenters. The maximum atomic E-state index is 10.9. The summed E-state index contributed by atoms with van der Waals surface area (Å²) in [5.41, 5.74) is -0.284. The Morgan fingerprint density at radius 2 is 1.87 bits per heavy atom. The molecule has 0 aromatic rings. The predicted octanol–water partition coefficient (Wildman–Crippen LogP) is 0.485. The number of aliphatic carboxylic acids is 2. The van der Waals surface area contributed by atoms with Gasteiger partial charge in [-0.25, -0.2) is 9.59 Å². The minimum absolute atomic E-state index is 0.0194. The van der Waals surface area contributed by atoms with Crippen molar-refractivity contribution in [2.75, 3.05) is 0 Å². The van der Waals surface area contributed by atoms with Crippen molar-refractivity contribution in [3.63, 3.8) is 0 Å². The van der Waals surface area contributed by atoms with Gasteiger partial charge in [-0.2, -0.15) is 0 Å². The molecule has 1 atom stereocenters. The van der Waals surface area contributed by atoms with E-state index in [1.165, 1.54) is 6.08 Å². The van der Waals surface area contributed by atoms with Crippen LogP contribution in [0.3, 0.4) is 0 Å². The Labute approximate surface area is 90.5 Å². The lowest BCUT2D eigenvalue weighted by molar-refractivity contribution is -0.133. The van der Waals surface area contributed by atoms with Gasteiger partial charge < -0.3 is 10.2 Å². The highest BCUT2D eigenvalue weighted by Gasteiger charge is 2.25. The highest BCUT2D eigenvalue weighted by molar-refractivity contribution is 7.96. The van der Waals surface area contributed by atoms with Crippen LogP contribution in [0.25, 0.3) is 0 Å². The second-order valence-electron chi connectivity index (χ2n) is 3.05. The van der Waals surface area contributed by atoms with E-state index in [4.69, 9.17) is 10.2 Å². The normalized spacial score (nSPS) is 20.2. The Balaban J connectivity index is 3.07. The number of hydrogen-bond donors (Lipinski definition) is 3. The van der Waals surface area contributed by atoms with Gasteiger partial charge >= 0.3 is 11.9 Å². The minimum atomic E-state index is -1.26. The molecule has 80 valence electrons. The monoisotopic (exact) mass is 228 g/mol. The van der Waals surface area contributed by atoms with Crippen molar-refractivity contribution in [1.29, 1.82) is 0 Å². The molecule has 0 saturated heterocycles. The van der Waals surface area contributed by atoms with Crippen LogP contribution in [-0.4, -0.2) is 27.3 Å². The van der Waals surface area contributed by atoms with Crippen molar-refractivity contribution in [2.24, 2.45) is 5.92 Å². The van der Waals surface area contributed by atoms with Gasteiger partial charge in [0.05, 0.1) is 11.5 Å². The molecule has 1 aliphatic carbocycles. The zero-order valence-corrected chi connectivity index (χ0v) is 8.40. The Morgan fingerprint density at radius 3 is 2.27 bits per heavy atom. The smallest absolute Gasteiger partial charge is 0.335 e. The molecule has 5 nitrogen and oxygen atoms in total. The van der Waals surface area contributed by atoms with Gasteiger partial charge in [0, 0.05) is 5.57 Å². The van der Waals surface area contributed by atoms with Crippen LogP contribution in [-0.2, 0) is 14.4 Å². The molecular weight excluding hydrogens is 220 g/mol. The number of hydrogen-bond acceptors (Lipinski definition) is 3. The fraction of sp³-hybridized carbons (Fsp3) is 0.222. The first-order valence-corrected chi connectivity index (χ1v) is 4.48. The van der Waals surface area contributed by atoms with E-state index in [0.717, 1.165) is 6.08 Å². The second kappa shape index (κ2) is 4.31. The average molecular weight is 228 g/mol. The summed E-state index contributed by atoms with van der Waals surface area (Å²) >= 11 is 3.56. The third-order valence-electron chi connectivity index (χ3n) is 1.99. The molecule has 0 heterocycles. The molecule has 0 spiro atoms. The number of carboxylic acids is 2. The molecule has 0 aliphatic heterocycles. The number of thiol groups is 1. The topological polar surface area (TPSA) is 91.7 Å². The number of rotatable bonds is 3. The fourth-order valence-corrected chi connectivity index (χ4v) is 1.41. The van der Waals surface area contributed by atoms with Crippen molar-refractivity contribution >= 4 is 29.7 Å². The van der Waals surface area contributed by atoms with Gasteiger partial charge in [-0.3, -0.25) is 4.79 Å². The predicted molar refractivity (Wildman–Crippen MR) is 53.5 cm³/mol. The van der Waals surface area contributed by atoms with Crippen molar-refractivity contribution < 1.29 is 24.6 Å². The summed E-state index contributed by atoms with van der Waals surface area (Å²) in [6, 6.07) is 0. The van der Waals surface area contributed by atoms with Crippen LogP contribution in [0.5, 0.6) is 0 Å². The Morgan fingerprint density at radius 1 is 1.27 bits per heavy atom. The highest BCUT2D eigenvalue weighted by Crippen LogP contribution is 2.24. The summed E-state index contributed by atoms with van der Waals surface area (Å²) < 4.78 is 0. The minimum Gasteiger partial charge on any atom is -0.478 e. The van der Waals surface area contributed by atoms with E-state index >= 15 is 0 Å². The van der Waals surface area contributed by atoms with Crippen molar-refractivity contribution in [2.45, 2.75) is 6.42 Å². The molecule has 0 fully saturated rings. The van der Waals surface area contributed by atoms with E-state index in [2.05, 4.69) is 12.6 Å². The molecule has 1 aliphatic rings. The SMILES string of the molecule is O=C(O)C1=CC(C(=O)S)CC(C(=O)O)=C1. The molecule has 0 saturated carbocycles. The second-order valence-corrected chi connectivity index (χ2v) is 3.49. The third kappa shape index (κ3) is 2.69. The van der Waals surface area contributed by atoms with Crippen LogP contribution < -0.4 is 0 Å². The largest absolute Gasteiger partial charge is 0.478 e. The van der Waals surface area contributed by atoms with E-state index in [0.29, 0.717) is 0 Å². The van der Waals surface area contributed by atoms with Crippen molar-refractivity contribution in [3.05, 3.63) is 23.3 Å². The van der Waals surface area contributed by atoms with Gasteiger partial charge in [-0.05, 0) is 12.5 Å². The number of carbonyl (C=O) groups excluding carboxylic acids is 1. The lowest BCUT2D eigenvalue weighted by Gasteiger charge is -2.15. The molecule has 0 aromatic carbocycles. The van der Waals surface area contributed by atoms with Crippen LogP contribution in [0, 0.1) is 5.92 Å². The molecular formula is C9H8O5S. The van der Waals surface area contributed by atoms with Gasteiger partial charge in [-0.15, -0.1) is 12.6 Å². The van der Waals surface area contributed by atoms with Crippen LogP contribution in [0.15, 0.2) is 23.3 Å². The Kier molecular flexibility index (Phi) is 3.31. The van der Waals surface area contributed by atoms with Crippen LogP contribution >= 0.6 is 12.6 Å². The molecule has 1 rings (SSSR count). The standard InChI is InChI=1S/C9H8O5S/c10-7(11)4-1-5(8(12)13)3-6(2-4)9(14)15/h1-2,6H,3H2,(H,10,11)(H,12,13)(H,14,15). The maximum Gasteiger partial charge on any atom is 0.335 e. The average Bonchev–Trinajstić information content (AvgIpc) is 2.16. The summed E-state index contributed by atoms with van der Waals surface area (Å²) in [6.07, 6.45) is 2.25. The molecule has 0 radical (unpaired) electrons. The summed E-state index contributed by atoms with van der Waals surface area (Å²) in [5, 5.41) is 16.9. The van der Waals surface area contributed by atoms with Gasteiger partial charge in [-0.1, -0.05) is 6.08 Å². The number of carbonyl (C=O) groups is 3. The van der Waals surface area contributed by atoms with Crippen LogP contribution in [0.1, 0.15) is 6.42 Å². The number of allylic oxidation sites excluding steroid dienone is 1. The maximum absolute atomic E-state index is 10.9. The third-order valence-corrected chi connectivity index (χ3v) is 2.32. The van der Waals surface area contributed by atoms with Crippen LogP contribution in [0.2, 0.25) is 0 Å². The molecule has 0 aromatic heterocycles. The Hall–Kier alpha value is -1.56. The van der Waals surface area contributed by atoms with Gasteiger partial charge in [0.25, 0.3) is 0 Å². The molecule has 15 heavy (non-hydrogen) atoms. The molecule has 2 N–H and O–H groups in total. The molecule has 6 heteroatoms. The van der Waals surface area contributed by atoms with E-state index in [1.807, 2.05) is 0 Å². The van der Waals surface area contributed by atoms with Gasteiger partial charge in [0.15, 0.2) is 5.12 Å². The summed E-state index contributed by atoms with van der Waals surface area (Å²) in [5.74, 6) is -3.26. The van der Waals surface area contributed by atoms with E-state index in [9.17, 15) is 14.4 Å². The van der Waals surface area contributed by atoms with Gasteiger partial charge in [0.1, 0.15) is 0 Å². The van der Waals surface area contributed by atoms with E-state index < -0.39 is 23.0 Å². The highest BCUT2D eigenvalue weighted by atomic mass is 32.1. The quantitative estimate of drug-likeness (QED) is 0.611. The van der Waals surface area contributed by atoms with Crippen LogP contribution in [0.4, 0.5) is 0 Å². The zero-order chi connectivity index (χ0) is 11.6. The summed E-state index contributed by atoms with van der Waals surface area (Å²) in [6.45, 7) is 0. The first kappa shape index (κ1) is 11.5. The fourth-order valence-electron chi connectivity index (χ4n) is 1.25. The zero-order valence-electron chi connectivity index (χ0n) is 7.51. The molecule has 0 amide bonds.